The molecular weight excluding hydrogens is 370 g/mol. The van der Waals surface area contributed by atoms with Crippen LogP contribution in [0.4, 0.5) is 23.2 Å². The van der Waals surface area contributed by atoms with Crippen molar-refractivity contribution >= 4 is 27.3 Å². The molecule has 9 heteroatoms. The highest BCUT2D eigenvalue weighted by atomic mass is 35.5. The number of nitrogens with one attached hydrogen (secondary N) is 1. The third-order valence-corrected chi connectivity index (χ3v) is 5.20. The highest BCUT2D eigenvalue weighted by molar-refractivity contribution is 7.92. The van der Waals surface area contributed by atoms with Gasteiger partial charge in [0, 0.05) is 10.7 Å². The molecule has 0 saturated heterocycles. The zero-order chi connectivity index (χ0) is 18.3. The lowest BCUT2D eigenvalue weighted by molar-refractivity contribution is -0.139. The summed E-state index contributed by atoms with van der Waals surface area (Å²) in [6.07, 6.45) is -4.93. The average molecular weight is 382 g/mol. The van der Waals surface area contributed by atoms with E-state index in [1.807, 2.05) is 4.72 Å². The van der Waals surface area contributed by atoms with E-state index in [0.29, 0.717) is 28.3 Å². The van der Waals surface area contributed by atoms with Crippen LogP contribution < -0.4 is 4.72 Å². The van der Waals surface area contributed by atoms with E-state index >= 15 is 0 Å². The maximum atomic E-state index is 13.3. The van der Waals surface area contributed by atoms with Gasteiger partial charge in [-0.15, -0.1) is 0 Å². The lowest BCUT2D eigenvalue weighted by Gasteiger charge is -2.14. The third-order valence-electron chi connectivity index (χ3n) is 3.27. The van der Waals surface area contributed by atoms with E-state index in [9.17, 15) is 26.0 Å². The van der Waals surface area contributed by atoms with Gasteiger partial charge < -0.3 is 0 Å². The molecule has 0 unspecified atom stereocenters. The van der Waals surface area contributed by atoms with Gasteiger partial charge in [0.2, 0.25) is 0 Å². The fourth-order valence-corrected chi connectivity index (χ4v) is 3.64. The van der Waals surface area contributed by atoms with Crippen molar-refractivity contribution in [3.8, 4) is 0 Å². The Morgan fingerprint density at radius 1 is 1.04 bits per heavy atom. The summed E-state index contributed by atoms with van der Waals surface area (Å²) >= 11 is 5.90. The normalized spacial score (nSPS) is 12.3. The van der Waals surface area contributed by atoms with Crippen molar-refractivity contribution in [2.45, 2.75) is 24.9 Å². The summed E-state index contributed by atoms with van der Waals surface area (Å²) in [6.45, 7) is 3.10. The molecule has 0 aliphatic rings. The fourth-order valence-electron chi connectivity index (χ4n) is 2.06. The molecule has 2 rings (SSSR count). The van der Waals surface area contributed by atoms with Crippen LogP contribution in [-0.2, 0) is 16.2 Å². The monoisotopic (exact) mass is 381 g/mol. The molecule has 3 nitrogen and oxygen atoms in total. The van der Waals surface area contributed by atoms with E-state index in [2.05, 4.69) is 0 Å². The number of benzene rings is 2. The highest BCUT2D eigenvalue weighted by Gasteiger charge is 2.34. The van der Waals surface area contributed by atoms with Crippen molar-refractivity contribution in [3.05, 3.63) is 57.9 Å². The van der Waals surface area contributed by atoms with Gasteiger partial charge in [-0.2, -0.15) is 13.2 Å². The lowest BCUT2D eigenvalue weighted by atomic mass is 10.2. The molecule has 0 spiro atoms. The molecule has 0 saturated carbocycles. The van der Waals surface area contributed by atoms with Gasteiger partial charge in [0.1, 0.15) is 5.82 Å². The number of anilines is 1. The van der Waals surface area contributed by atoms with E-state index in [4.69, 9.17) is 11.6 Å². The number of aryl methyl sites for hydroxylation is 2. The van der Waals surface area contributed by atoms with Crippen LogP contribution in [0.25, 0.3) is 0 Å². The number of alkyl halides is 3. The SMILES string of the molecule is Cc1cc(S(=O)(=O)Nc2ccc(F)c(C(F)(F)F)c2)c(C)cc1Cl. The summed E-state index contributed by atoms with van der Waals surface area (Å²) in [5.74, 6) is -1.48. The first kappa shape index (κ1) is 18.5. The molecule has 0 amide bonds. The summed E-state index contributed by atoms with van der Waals surface area (Å²) < 4.78 is 78.2. The Balaban J connectivity index is 2.46. The number of rotatable bonds is 3. The Labute approximate surface area is 141 Å². The highest BCUT2D eigenvalue weighted by Crippen LogP contribution is 2.34. The summed E-state index contributed by atoms with van der Waals surface area (Å²) in [7, 11) is -4.16. The molecule has 2 aromatic rings. The second-order valence-electron chi connectivity index (χ2n) is 5.16. The molecule has 2 aromatic carbocycles. The van der Waals surface area contributed by atoms with Crippen LogP contribution in [0.2, 0.25) is 5.02 Å². The van der Waals surface area contributed by atoms with Crippen molar-refractivity contribution in [2.75, 3.05) is 4.72 Å². The molecule has 0 aromatic heterocycles. The van der Waals surface area contributed by atoms with Gasteiger partial charge in [-0.25, -0.2) is 12.8 Å². The Hall–Kier alpha value is -1.80. The Bertz CT molecular complexity index is 895. The first-order valence-corrected chi connectivity index (χ1v) is 8.44. The quantitative estimate of drug-likeness (QED) is 0.767. The molecule has 0 aliphatic carbocycles. The average Bonchev–Trinajstić information content (AvgIpc) is 2.43. The first-order valence-electron chi connectivity index (χ1n) is 6.58. The molecule has 0 fully saturated rings. The summed E-state index contributed by atoms with van der Waals surface area (Å²) in [5, 5.41) is 0.368. The molecular formula is C15H12ClF4NO2S. The number of halogens is 5. The van der Waals surface area contributed by atoms with Gasteiger partial charge in [-0.3, -0.25) is 4.72 Å². The van der Waals surface area contributed by atoms with Crippen LogP contribution in [0.3, 0.4) is 0 Å². The Morgan fingerprint density at radius 3 is 2.25 bits per heavy atom. The van der Waals surface area contributed by atoms with Crippen LogP contribution in [0, 0.1) is 19.7 Å². The zero-order valence-corrected chi connectivity index (χ0v) is 14.1. The van der Waals surface area contributed by atoms with Crippen LogP contribution >= 0.6 is 11.6 Å². The van der Waals surface area contributed by atoms with E-state index in [0.717, 1.165) is 6.07 Å². The summed E-state index contributed by atoms with van der Waals surface area (Å²) in [5.41, 5.74) is -1.11. The maximum absolute atomic E-state index is 13.3. The van der Waals surface area contributed by atoms with Crippen LogP contribution in [0.5, 0.6) is 0 Å². The van der Waals surface area contributed by atoms with Gasteiger partial charge in [-0.05, 0) is 55.3 Å². The lowest BCUT2D eigenvalue weighted by Crippen LogP contribution is -2.16. The van der Waals surface area contributed by atoms with Gasteiger partial charge in [0.25, 0.3) is 10.0 Å². The smallest absolute Gasteiger partial charge is 0.280 e. The number of sulfonamides is 1. The summed E-state index contributed by atoms with van der Waals surface area (Å²) in [4.78, 5) is -0.123. The van der Waals surface area contributed by atoms with E-state index < -0.39 is 33.3 Å². The largest absolute Gasteiger partial charge is 0.419 e. The van der Waals surface area contributed by atoms with E-state index in [-0.39, 0.29) is 4.90 Å². The fraction of sp³-hybridized carbons (Fsp3) is 0.200. The molecule has 0 atom stereocenters. The van der Waals surface area contributed by atoms with Gasteiger partial charge in [0.15, 0.2) is 0 Å². The molecule has 0 bridgehead atoms. The predicted molar refractivity (Wildman–Crippen MR) is 83.1 cm³/mol. The van der Waals surface area contributed by atoms with Gasteiger partial charge in [-0.1, -0.05) is 11.6 Å². The Morgan fingerprint density at radius 2 is 1.67 bits per heavy atom. The third kappa shape index (κ3) is 3.81. The van der Waals surface area contributed by atoms with Crippen LogP contribution in [-0.4, -0.2) is 8.42 Å². The van der Waals surface area contributed by atoms with Crippen LogP contribution in [0.1, 0.15) is 16.7 Å². The number of hydrogen-bond donors (Lipinski definition) is 1. The molecule has 0 radical (unpaired) electrons. The molecule has 130 valence electrons. The van der Waals surface area contributed by atoms with E-state index in [1.165, 1.54) is 19.1 Å². The van der Waals surface area contributed by atoms with Crippen molar-refractivity contribution in [2.24, 2.45) is 0 Å². The molecule has 24 heavy (non-hydrogen) atoms. The second-order valence-corrected chi connectivity index (χ2v) is 7.22. The minimum Gasteiger partial charge on any atom is -0.280 e. The summed E-state index contributed by atoms with van der Waals surface area (Å²) in [6, 6.07) is 4.64. The molecule has 0 heterocycles. The van der Waals surface area contributed by atoms with Crippen molar-refractivity contribution in [1.29, 1.82) is 0 Å². The van der Waals surface area contributed by atoms with E-state index in [1.54, 1.807) is 6.92 Å². The molecule has 1 N–H and O–H groups in total. The minimum atomic E-state index is -4.93. The van der Waals surface area contributed by atoms with Gasteiger partial charge >= 0.3 is 6.18 Å². The minimum absolute atomic E-state index is 0.123. The second kappa shape index (κ2) is 6.25. The predicted octanol–water partition coefficient (Wildman–Crippen LogP) is 4.92. The van der Waals surface area contributed by atoms with Crippen molar-refractivity contribution in [3.63, 3.8) is 0 Å². The Kier molecular flexibility index (Phi) is 4.83. The van der Waals surface area contributed by atoms with Crippen LogP contribution in [0.15, 0.2) is 35.2 Å². The topological polar surface area (TPSA) is 46.2 Å². The zero-order valence-electron chi connectivity index (χ0n) is 12.5. The van der Waals surface area contributed by atoms with Crippen molar-refractivity contribution in [1.82, 2.24) is 0 Å². The van der Waals surface area contributed by atoms with Gasteiger partial charge in [0.05, 0.1) is 10.5 Å². The maximum Gasteiger partial charge on any atom is 0.419 e. The number of hydrogen-bond acceptors (Lipinski definition) is 2. The molecule has 0 aliphatic heterocycles. The standard InChI is InChI=1S/C15H12ClF4NO2S/c1-8-6-14(9(2)5-12(8)16)24(22,23)21-10-3-4-13(17)11(7-10)15(18,19)20/h3-7,21H,1-2H3. The van der Waals surface area contributed by atoms with Crippen molar-refractivity contribution < 1.29 is 26.0 Å². The first-order chi connectivity index (χ1) is 10.9.